The van der Waals surface area contributed by atoms with Crippen molar-refractivity contribution in [3.05, 3.63) is 34.1 Å². The number of hydrogen-bond acceptors (Lipinski definition) is 2. The summed E-state index contributed by atoms with van der Waals surface area (Å²) in [5.74, 6) is -0.454. The topological polar surface area (TPSA) is 40.5 Å². The minimum absolute atomic E-state index is 0.0992. The molecule has 2 rings (SSSR count). The van der Waals surface area contributed by atoms with E-state index in [0.717, 1.165) is 6.42 Å². The molecule has 0 radical (unpaired) electrons. The van der Waals surface area contributed by atoms with E-state index < -0.39 is 5.82 Å². The summed E-state index contributed by atoms with van der Waals surface area (Å²) >= 11 is 3.21. The Morgan fingerprint density at radius 3 is 3.00 bits per heavy atom. The Balaban J connectivity index is 2.13. The van der Waals surface area contributed by atoms with Gasteiger partial charge < -0.3 is 10.0 Å². The lowest BCUT2D eigenvalue weighted by Gasteiger charge is -2.17. The van der Waals surface area contributed by atoms with Crippen molar-refractivity contribution in [3.8, 4) is 0 Å². The van der Waals surface area contributed by atoms with Crippen molar-refractivity contribution in [2.24, 2.45) is 5.92 Å². The molecule has 1 amide bonds. The van der Waals surface area contributed by atoms with Crippen LogP contribution in [0.5, 0.6) is 0 Å². The molecule has 1 aromatic rings. The van der Waals surface area contributed by atoms with Crippen molar-refractivity contribution in [1.82, 2.24) is 4.90 Å². The molecule has 1 fully saturated rings. The second-order valence-corrected chi connectivity index (χ2v) is 5.37. The third-order valence-corrected chi connectivity index (χ3v) is 3.95. The van der Waals surface area contributed by atoms with Crippen molar-refractivity contribution in [1.29, 1.82) is 0 Å². The van der Waals surface area contributed by atoms with Crippen molar-refractivity contribution >= 4 is 21.8 Å². The van der Waals surface area contributed by atoms with Gasteiger partial charge in [0, 0.05) is 24.2 Å². The first-order chi connectivity index (χ1) is 8.63. The number of likely N-dealkylation sites (tertiary alicyclic amines) is 1. The normalized spacial score (nSPS) is 19.3. The number of benzene rings is 1. The highest BCUT2D eigenvalue weighted by Crippen LogP contribution is 2.25. The first kappa shape index (κ1) is 13.5. The number of rotatable bonds is 3. The van der Waals surface area contributed by atoms with Crippen LogP contribution < -0.4 is 0 Å². The highest BCUT2D eigenvalue weighted by atomic mass is 79.9. The van der Waals surface area contributed by atoms with Crippen LogP contribution in [0, 0.1) is 11.7 Å². The number of aliphatic hydroxyl groups is 1. The van der Waals surface area contributed by atoms with Gasteiger partial charge in [-0.25, -0.2) is 4.39 Å². The lowest BCUT2D eigenvalue weighted by atomic mass is 10.1. The van der Waals surface area contributed by atoms with Crippen LogP contribution in [0.4, 0.5) is 4.39 Å². The predicted octanol–water partition coefficient (Wildman–Crippen LogP) is 2.43. The molecule has 5 heteroatoms. The summed E-state index contributed by atoms with van der Waals surface area (Å²) in [6.07, 6.45) is 1.57. The molecule has 1 unspecified atom stereocenters. The second kappa shape index (κ2) is 5.80. The monoisotopic (exact) mass is 315 g/mol. The number of nitrogens with zero attached hydrogens (tertiary/aromatic N) is 1. The van der Waals surface area contributed by atoms with E-state index in [2.05, 4.69) is 15.9 Å². The van der Waals surface area contributed by atoms with Gasteiger partial charge in [-0.2, -0.15) is 0 Å². The van der Waals surface area contributed by atoms with Crippen LogP contribution in [0.2, 0.25) is 0 Å². The summed E-state index contributed by atoms with van der Waals surface area (Å²) in [6, 6.07) is 4.52. The van der Waals surface area contributed by atoms with Crippen LogP contribution in [-0.4, -0.2) is 35.6 Å². The molecule has 0 aliphatic carbocycles. The Morgan fingerprint density at radius 1 is 1.56 bits per heavy atom. The quantitative estimate of drug-likeness (QED) is 0.930. The number of carbonyl (C=O) groups excluding carboxylic acids is 1. The zero-order chi connectivity index (χ0) is 13.1. The largest absolute Gasteiger partial charge is 0.396 e. The van der Waals surface area contributed by atoms with Gasteiger partial charge in [-0.05, 0) is 46.8 Å². The first-order valence-electron chi connectivity index (χ1n) is 5.97. The molecular formula is C13H15BrFNO2. The lowest BCUT2D eigenvalue weighted by Crippen LogP contribution is -2.29. The predicted molar refractivity (Wildman–Crippen MR) is 69.8 cm³/mol. The maximum Gasteiger partial charge on any atom is 0.257 e. The zero-order valence-corrected chi connectivity index (χ0v) is 11.5. The van der Waals surface area contributed by atoms with E-state index in [1.165, 1.54) is 6.07 Å². The number of halogens is 2. The first-order valence-corrected chi connectivity index (χ1v) is 6.77. The molecule has 1 saturated heterocycles. The number of amides is 1. The Morgan fingerprint density at radius 2 is 2.33 bits per heavy atom. The molecule has 18 heavy (non-hydrogen) atoms. The molecule has 1 aromatic carbocycles. The molecule has 1 heterocycles. The fraction of sp³-hybridized carbons (Fsp3) is 0.462. The van der Waals surface area contributed by atoms with E-state index >= 15 is 0 Å². The van der Waals surface area contributed by atoms with Crippen LogP contribution in [0.15, 0.2) is 22.7 Å². The molecule has 0 aromatic heterocycles. The summed E-state index contributed by atoms with van der Waals surface area (Å²) in [5.41, 5.74) is 0.0992. The SMILES string of the molecule is O=C(c1c(F)cccc1Br)N1CCC(CCO)C1. The standard InChI is InChI=1S/C13H15BrFNO2/c14-10-2-1-3-11(15)12(10)13(18)16-6-4-9(8-16)5-7-17/h1-3,9,17H,4-8H2. The Labute approximate surface area is 114 Å². The molecule has 0 bridgehead atoms. The third-order valence-electron chi connectivity index (χ3n) is 3.29. The highest BCUT2D eigenvalue weighted by molar-refractivity contribution is 9.10. The summed E-state index contributed by atoms with van der Waals surface area (Å²) < 4.78 is 14.2. The molecule has 1 aliphatic rings. The van der Waals surface area contributed by atoms with Crippen LogP contribution in [0.1, 0.15) is 23.2 Å². The molecule has 0 spiro atoms. The van der Waals surface area contributed by atoms with E-state index in [1.807, 2.05) is 0 Å². The lowest BCUT2D eigenvalue weighted by molar-refractivity contribution is 0.0779. The van der Waals surface area contributed by atoms with Gasteiger partial charge in [0.25, 0.3) is 5.91 Å². The van der Waals surface area contributed by atoms with Gasteiger partial charge in [-0.1, -0.05) is 6.07 Å². The van der Waals surface area contributed by atoms with Crippen molar-refractivity contribution in [3.63, 3.8) is 0 Å². The summed E-state index contributed by atoms with van der Waals surface area (Å²) in [6.45, 7) is 1.36. The molecular weight excluding hydrogens is 301 g/mol. The van der Waals surface area contributed by atoms with E-state index in [1.54, 1.807) is 17.0 Å². The van der Waals surface area contributed by atoms with E-state index in [-0.39, 0.29) is 18.1 Å². The Hall–Kier alpha value is -0.940. The second-order valence-electron chi connectivity index (χ2n) is 4.51. The molecule has 98 valence electrons. The van der Waals surface area contributed by atoms with Gasteiger partial charge in [0.2, 0.25) is 0 Å². The fourth-order valence-corrected chi connectivity index (χ4v) is 2.81. The minimum Gasteiger partial charge on any atom is -0.396 e. The maximum absolute atomic E-state index is 13.7. The summed E-state index contributed by atoms with van der Waals surface area (Å²) in [7, 11) is 0. The van der Waals surface area contributed by atoms with E-state index in [0.29, 0.717) is 29.9 Å². The van der Waals surface area contributed by atoms with E-state index in [9.17, 15) is 9.18 Å². The van der Waals surface area contributed by atoms with Crippen LogP contribution >= 0.6 is 15.9 Å². The van der Waals surface area contributed by atoms with Gasteiger partial charge in [0.1, 0.15) is 5.82 Å². The third kappa shape index (κ3) is 2.72. The number of aliphatic hydroxyl groups excluding tert-OH is 1. The van der Waals surface area contributed by atoms with Crippen molar-refractivity contribution in [2.45, 2.75) is 12.8 Å². The summed E-state index contributed by atoms with van der Waals surface area (Å²) in [4.78, 5) is 13.9. The number of hydrogen-bond donors (Lipinski definition) is 1. The van der Waals surface area contributed by atoms with Gasteiger partial charge in [0.05, 0.1) is 5.56 Å². The van der Waals surface area contributed by atoms with Crippen LogP contribution in [0.3, 0.4) is 0 Å². The Kier molecular flexibility index (Phi) is 4.35. The van der Waals surface area contributed by atoms with Gasteiger partial charge in [0.15, 0.2) is 0 Å². The minimum atomic E-state index is -0.500. The highest BCUT2D eigenvalue weighted by Gasteiger charge is 2.28. The average molecular weight is 316 g/mol. The molecule has 1 aliphatic heterocycles. The van der Waals surface area contributed by atoms with Crippen LogP contribution in [-0.2, 0) is 0 Å². The maximum atomic E-state index is 13.7. The Bertz CT molecular complexity index is 432. The van der Waals surface area contributed by atoms with Gasteiger partial charge in [-0.3, -0.25) is 4.79 Å². The van der Waals surface area contributed by atoms with E-state index in [4.69, 9.17) is 5.11 Å². The van der Waals surface area contributed by atoms with Crippen molar-refractivity contribution in [2.75, 3.05) is 19.7 Å². The number of carbonyl (C=O) groups is 1. The zero-order valence-electron chi connectivity index (χ0n) is 9.90. The van der Waals surface area contributed by atoms with Crippen LogP contribution in [0.25, 0.3) is 0 Å². The fourth-order valence-electron chi connectivity index (χ4n) is 2.30. The average Bonchev–Trinajstić information content (AvgIpc) is 2.78. The molecule has 1 N–H and O–H groups in total. The van der Waals surface area contributed by atoms with Crippen molar-refractivity contribution < 1.29 is 14.3 Å². The van der Waals surface area contributed by atoms with Gasteiger partial charge in [-0.15, -0.1) is 0 Å². The smallest absolute Gasteiger partial charge is 0.257 e. The molecule has 0 saturated carbocycles. The molecule has 1 atom stereocenters. The van der Waals surface area contributed by atoms with Gasteiger partial charge >= 0.3 is 0 Å². The molecule has 3 nitrogen and oxygen atoms in total. The summed E-state index contributed by atoms with van der Waals surface area (Å²) in [5, 5.41) is 8.89.